The number of benzene rings is 1. The normalized spacial score (nSPS) is 20.1. The van der Waals surface area contributed by atoms with Gasteiger partial charge in [-0.2, -0.15) is 0 Å². The molecular weight excluding hydrogens is 292 g/mol. The quantitative estimate of drug-likeness (QED) is 0.793. The van der Waals surface area contributed by atoms with Crippen molar-refractivity contribution in [3.8, 4) is 11.5 Å². The molecule has 0 amide bonds. The number of aryl methyl sites for hydroxylation is 1. The molecule has 2 atom stereocenters. The zero-order valence-corrected chi connectivity index (χ0v) is 13.2. The highest BCUT2D eigenvalue weighted by atomic mass is 35.5. The van der Waals surface area contributed by atoms with Gasteiger partial charge in [-0.15, -0.1) is 0 Å². The van der Waals surface area contributed by atoms with E-state index in [0.717, 1.165) is 24.8 Å². The third-order valence-electron chi connectivity index (χ3n) is 3.74. The van der Waals surface area contributed by atoms with Gasteiger partial charge in [0.05, 0.1) is 19.1 Å². The van der Waals surface area contributed by atoms with Gasteiger partial charge in [0.2, 0.25) is 0 Å². The van der Waals surface area contributed by atoms with E-state index in [2.05, 4.69) is 0 Å². The number of carbonyl (C=O) groups is 1. The number of carboxylic acids is 1. The molecule has 4 nitrogen and oxygen atoms in total. The van der Waals surface area contributed by atoms with Gasteiger partial charge in [0.25, 0.3) is 0 Å². The van der Waals surface area contributed by atoms with Crippen molar-refractivity contribution < 1.29 is 19.4 Å². The van der Waals surface area contributed by atoms with Gasteiger partial charge in [-0.1, -0.05) is 11.6 Å². The molecule has 0 saturated heterocycles. The lowest BCUT2D eigenvalue weighted by Gasteiger charge is -2.14. The van der Waals surface area contributed by atoms with Crippen LogP contribution in [0.25, 0.3) is 0 Å². The number of ether oxygens (including phenoxy) is 2. The van der Waals surface area contributed by atoms with Crippen molar-refractivity contribution in [3.63, 3.8) is 0 Å². The largest absolute Gasteiger partial charge is 0.490 e. The zero-order chi connectivity index (χ0) is 15.4. The van der Waals surface area contributed by atoms with E-state index in [1.165, 1.54) is 0 Å². The number of hydrogen-bond acceptors (Lipinski definition) is 3. The molecule has 0 radical (unpaired) electrons. The fourth-order valence-corrected chi connectivity index (χ4v) is 2.76. The van der Waals surface area contributed by atoms with E-state index < -0.39 is 5.97 Å². The number of carboxylic acid groups (broad SMARTS) is 1. The highest BCUT2D eigenvalue weighted by Crippen LogP contribution is 2.43. The molecule has 0 aromatic heterocycles. The van der Waals surface area contributed by atoms with Crippen LogP contribution < -0.4 is 9.47 Å². The van der Waals surface area contributed by atoms with Crippen molar-refractivity contribution >= 4 is 17.6 Å². The van der Waals surface area contributed by atoms with Gasteiger partial charge in [-0.25, -0.2) is 0 Å². The second-order valence-electron chi connectivity index (χ2n) is 5.24. The molecule has 2 rings (SSSR count). The molecule has 116 valence electrons. The van der Waals surface area contributed by atoms with Gasteiger partial charge in [0.1, 0.15) is 0 Å². The minimum atomic E-state index is -0.687. The molecule has 0 bridgehead atoms. The Balaban J connectivity index is 2.05. The van der Waals surface area contributed by atoms with Crippen LogP contribution in [-0.4, -0.2) is 24.3 Å². The van der Waals surface area contributed by atoms with Crippen molar-refractivity contribution in [2.45, 2.75) is 33.1 Å². The Morgan fingerprint density at radius 1 is 1.29 bits per heavy atom. The van der Waals surface area contributed by atoms with E-state index >= 15 is 0 Å². The fraction of sp³-hybridized carbons (Fsp3) is 0.562. The highest BCUT2D eigenvalue weighted by molar-refractivity contribution is 6.31. The second-order valence-corrected chi connectivity index (χ2v) is 5.64. The maximum atomic E-state index is 10.8. The summed E-state index contributed by atoms with van der Waals surface area (Å²) in [5.41, 5.74) is 0.986. The van der Waals surface area contributed by atoms with E-state index in [9.17, 15) is 4.79 Å². The first kappa shape index (κ1) is 16.0. The minimum Gasteiger partial charge on any atom is -0.490 e. The summed E-state index contributed by atoms with van der Waals surface area (Å²) in [6, 6.07) is 3.70. The van der Waals surface area contributed by atoms with E-state index in [0.29, 0.717) is 29.7 Å². The van der Waals surface area contributed by atoms with Crippen molar-refractivity contribution in [1.29, 1.82) is 0 Å². The summed E-state index contributed by atoms with van der Waals surface area (Å²) in [5.74, 6) is 0.776. The van der Waals surface area contributed by atoms with Gasteiger partial charge in [-0.3, -0.25) is 4.79 Å². The molecule has 0 heterocycles. The zero-order valence-electron chi connectivity index (χ0n) is 12.4. The Morgan fingerprint density at radius 2 is 1.90 bits per heavy atom. The highest BCUT2D eigenvalue weighted by Gasteiger charge is 2.42. The molecule has 1 aliphatic carbocycles. The summed E-state index contributed by atoms with van der Waals surface area (Å²) in [7, 11) is 0. The lowest BCUT2D eigenvalue weighted by atomic mass is 10.1. The molecule has 1 aromatic carbocycles. The second kappa shape index (κ2) is 7.03. The van der Waals surface area contributed by atoms with Crippen LogP contribution in [0.3, 0.4) is 0 Å². The van der Waals surface area contributed by atoms with E-state index in [-0.39, 0.29) is 11.8 Å². The van der Waals surface area contributed by atoms with Crippen LogP contribution in [0.5, 0.6) is 11.5 Å². The van der Waals surface area contributed by atoms with Crippen LogP contribution in [0.2, 0.25) is 5.02 Å². The molecule has 0 aliphatic heterocycles. The number of hydrogen-bond donors (Lipinski definition) is 1. The van der Waals surface area contributed by atoms with Crippen LogP contribution >= 0.6 is 11.6 Å². The third kappa shape index (κ3) is 4.03. The summed E-state index contributed by atoms with van der Waals surface area (Å²) < 4.78 is 11.1. The van der Waals surface area contributed by atoms with E-state index in [1.54, 1.807) is 6.07 Å². The Bertz CT molecular complexity index is 515. The first-order valence-electron chi connectivity index (χ1n) is 7.37. The first-order chi connectivity index (χ1) is 10.1. The molecule has 0 spiro atoms. The van der Waals surface area contributed by atoms with Crippen molar-refractivity contribution in [2.75, 3.05) is 13.2 Å². The van der Waals surface area contributed by atoms with Crippen molar-refractivity contribution in [2.24, 2.45) is 11.8 Å². The molecule has 1 aliphatic rings. The maximum absolute atomic E-state index is 10.8. The predicted octanol–water partition coefficient (Wildman–Crippen LogP) is 3.79. The van der Waals surface area contributed by atoms with Gasteiger partial charge in [0, 0.05) is 11.1 Å². The van der Waals surface area contributed by atoms with Crippen molar-refractivity contribution in [1.82, 2.24) is 0 Å². The Hall–Kier alpha value is -1.42. The fourth-order valence-electron chi connectivity index (χ4n) is 2.52. The molecule has 1 N–H and O–H groups in total. The van der Waals surface area contributed by atoms with Gasteiger partial charge in [0.15, 0.2) is 11.5 Å². The van der Waals surface area contributed by atoms with Gasteiger partial charge in [-0.05, 0) is 50.7 Å². The predicted molar refractivity (Wildman–Crippen MR) is 81.3 cm³/mol. The van der Waals surface area contributed by atoms with Crippen LogP contribution in [-0.2, 0) is 11.2 Å². The van der Waals surface area contributed by atoms with Crippen molar-refractivity contribution in [3.05, 3.63) is 22.7 Å². The average Bonchev–Trinajstić information content (AvgIpc) is 3.20. The Labute approximate surface area is 130 Å². The SMILES string of the molecule is CCOc1cc(Cl)c(CCC2CC2C(=O)O)cc1OCC. The standard InChI is InChI=1S/C16H21ClO4/c1-3-20-14-8-11(13(17)9-15(14)21-4-2)6-5-10-7-12(10)16(18)19/h8-10,12H,3-7H2,1-2H3,(H,18,19). The number of aliphatic carboxylic acids is 1. The molecule has 1 saturated carbocycles. The summed E-state index contributed by atoms with van der Waals surface area (Å²) >= 11 is 6.29. The lowest BCUT2D eigenvalue weighted by Crippen LogP contribution is -2.02. The lowest BCUT2D eigenvalue weighted by molar-refractivity contribution is -0.138. The summed E-state index contributed by atoms with van der Waals surface area (Å²) in [4.78, 5) is 10.8. The molecule has 2 unspecified atom stereocenters. The average molecular weight is 313 g/mol. The summed E-state index contributed by atoms with van der Waals surface area (Å²) in [6.07, 6.45) is 2.39. The van der Waals surface area contributed by atoms with E-state index in [1.807, 2.05) is 19.9 Å². The van der Waals surface area contributed by atoms with Crippen LogP contribution in [0.15, 0.2) is 12.1 Å². The Morgan fingerprint density at radius 3 is 2.43 bits per heavy atom. The Kier molecular flexibility index (Phi) is 5.34. The third-order valence-corrected chi connectivity index (χ3v) is 4.09. The van der Waals surface area contributed by atoms with Crippen LogP contribution in [0, 0.1) is 11.8 Å². The first-order valence-corrected chi connectivity index (χ1v) is 7.75. The molecule has 1 fully saturated rings. The van der Waals surface area contributed by atoms with Gasteiger partial charge < -0.3 is 14.6 Å². The van der Waals surface area contributed by atoms with Gasteiger partial charge >= 0.3 is 5.97 Å². The molecular formula is C16H21ClO4. The molecule has 5 heteroatoms. The van der Waals surface area contributed by atoms with E-state index in [4.69, 9.17) is 26.2 Å². The smallest absolute Gasteiger partial charge is 0.306 e. The summed E-state index contributed by atoms with van der Waals surface area (Å²) in [5, 5.41) is 9.57. The van der Waals surface area contributed by atoms with Crippen LogP contribution in [0.1, 0.15) is 32.3 Å². The molecule has 1 aromatic rings. The summed E-state index contributed by atoms with van der Waals surface area (Å²) in [6.45, 7) is 4.95. The monoisotopic (exact) mass is 312 g/mol. The number of rotatable bonds is 8. The topological polar surface area (TPSA) is 55.8 Å². The molecule has 21 heavy (non-hydrogen) atoms. The number of halogens is 1. The maximum Gasteiger partial charge on any atom is 0.306 e. The minimum absolute atomic E-state index is 0.169. The van der Waals surface area contributed by atoms with Crippen LogP contribution in [0.4, 0.5) is 0 Å².